The van der Waals surface area contributed by atoms with Crippen molar-refractivity contribution in [2.75, 3.05) is 7.05 Å². The van der Waals surface area contributed by atoms with Gasteiger partial charge in [0.25, 0.3) is 0 Å². The van der Waals surface area contributed by atoms with Gasteiger partial charge < -0.3 is 9.84 Å². The molecule has 0 spiro atoms. The Kier molecular flexibility index (Phi) is 25.7. The number of halogens is 3. The maximum atomic E-state index is 11.7. The third-order valence-electron chi connectivity index (χ3n) is 4.61. The molecule has 0 aliphatic heterocycles. The number of rotatable bonds is 7. The van der Waals surface area contributed by atoms with E-state index in [2.05, 4.69) is 27.2 Å². The highest BCUT2D eigenvalue weighted by molar-refractivity contribution is 6.30. The van der Waals surface area contributed by atoms with E-state index in [1.807, 2.05) is 67.5 Å². The van der Waals surface area contributed by atoms with E-state index < -0.39 is 12.6 Å². The van der Waals surface area contributed by atoms with Crippen molar-refractivity contribution in [3.8, 4) is 18.1 Å². The van der Waals surface area contributed by atoms with Gasteiger partial charge in [-0.2, -0.15) is 8.78 Å². The molecule has 0 aliphatic rings. The predicted octanol–water partition coefficient (Wildman–Crippen LogP) is 9.76. The molecule has 5 nitrogen and oxygen atoms in total. The summed E-state index contributed by atoms with van der Waals surface area (Å²) < 4.78 is 27.7. The van der Waals surface area contributed by atoms with Crippen molar-refractivity contribution in [1.82, 2.24) is 4.98 Å². The number of carbonyl (C=O) groups is 1. The molecule has 0 fully saturated rings. The van der Waals surface area contributed by atoms with E-state index in [4.69, 9.17) is 23.1 Å². The summed E-state index contributed by atoms with van der Waals surface area (Å²) in [6, 6.07) is 6.48. The molecule has 1 aromatic carbocycles. The smallest absolute Gasteiger partial charge is 0.387 e. The number of aliphatic carboxylic acids is 1. The molecule has 1 aromatic heterocycles. The summed E-state index contributed by atoms with van der Waals surface area (Å²) >= 11 is 5.61. The number of carboxylic acids is 1. The predicted molar refractivity (Wildman–Crippen MR) is 171 cm³/mol. The molecule has 0 bridgehead atoms. The molecule has 1 heterocycles. The molecule has 8 heteroatoms. The van der Waals surface area contributed by atoms with E-state index in [1.165, 1.54) is 12.1 Å². The molecule has 0 aliphatic carbocycles. The van der Waals surface area contributed by atoms with Gasteiger partial charge in [-0.3, -0.25) is 14.8 Å². The van der Waals surface area contributed by atoms with Crippen molar-refractivity contribution in [1.29, 1.82) is 0 Å². The normalized spacial score (nSPS) is 9.73. The highest BCUT2D eigenvalue weighted by Crippen LogP contribution is 2.23. The van der Waals surface area contributed by atoms with E-state index in [0.717, 1.165) is 22.3 Å². The van der Waals surface area contributed by atoms with Crippen LogP contribution in [0.15, 0.2) is 65.8 Å². The first-order valence-corrected chi connectivity index (χ1v) is 13.5. The number of allylic oxidation sites excluding steroid dienone is 5. The van der Waals surface area contributed by atoms with E-state index in [-0.39, 0.29) is 12.2 Å². The monoisotopic (exact) mass is 590 g/mol. The minimum absolute atomic E-state index is 0.124. The second-order valence-corrected chi connectivity index (χ2v) is 8.14. The second-order valence-electron chi connectivity index (χ2n) is 7.70. The number of ether oxygens (including phenoxy) is 1. The van der Waals surface area contributed by atoms with Gasteiger partial charge in [-0.25, -0.2) is 0 Å². The van der Waals surface area contributed by atoms with E-state index >= 15 is 0 Å². The number of hydrogen-bond donors (Lipinski definition) is 1. The van der Waals surface area contributed by atoms with Crippen LogP contribution in [0, 0.1) is 26.2 Å². The molecule has 0 atom stereocenters. The average molecular weight is 591 g/mol. The van der Waals surface area contributed by atoms with E-state index in [0.29, 0.717) is 22.0 Å². The maximum absolute atomic E-state index is 11.7. The van der Waals surface area contributed by atoms with Crippen LogP contribution in [-0.4, -0.2) is 35.4 Å². The van der Waals surface area contributed by atoms with Gasteiger partial charge in [0.1, 0.15) is 5.75 Å². The number of aliphatic imine (C=N–C) groups is 1. The van der Waals surface area contributed by atoms with Crippen LogP contribution in [0.1, 0.15) is 77.3 Å². The van der Waals surface area contributed by atoms with Crippen molar-refractivity contribution in [2.45, 2.75) is 75.3 Å². The Morgan fingerprint density at radius 1 is 1.20 bits per heavy atom. The molecule has 226 valence electrons. The number of hydrogen-bond acceptors (Lipinski definition) is 4. The molecule has 0 saturated heterocycles. The Morgan fingerprint density at radius 3 is 2.12 bits per heavy atom. The highest BCUT2D eigenvalue weighted by Gasteiger charge is 2.13. The fourth-order valence-electron chi connectivity index (χ4n) is 2.98. The molecular weight excluding hydrogens is 546 g/mol. The topological polar surface area (TPSA) is 71.8 Å². The fraction of sp³-hybridized carbons (Fsp3) is 0.364. The van der Waals surface area contributed by atoms with Crippen molar-refractivity contribution in [2.24, 2.45) is 4.99 Å². The third kappa shape index (κ3) is 18.3. The largest absolute Gasteiger partial charge is 0.481 e. The quantitative estimate of drug-likeness (QED) is 0.198. The summed E-state index contributed by atoms with van der Waals surface area (Å²) in [5, 5.41) is 9.40. The summed E-state index contributed by atoms with van der Waals surface area (Å²) in [6.07, 6.45) is 11.7. The first kappa shape index (κ1) is 41.7. The summed E-state index contributed by atoms with van der Waals surface area (Å²) in [5.74, 6) is 1.59. The lowest BCUT2D eigenvalue weighted by molar-refractivity contribution is -0.135. The van der Waals surface area contributed by atoms with Crippen LogP contribution in [0.5, 0.6) is 5.75 Å². The molecule has 2 rings (SSSR count). The van der Waals surface area contributed by atoms with Crippen LogP contribution >= 0.6 is 11.6 Å². The van der Waals surface area contributed by atoms with Gasteiger partial charge in [0, 0.05) is 23.8 Å². The van der Waals surface area contributed by atoms with Crippen LogP contribution in [0.4, 0.5) is 8.78 Å². The minimum Gasteiger partial charge on any atom is -0.481 e. The number of nitrogens with zero attached hydrogens (tertiary/aromatic N) is 2. The van der Waals surface area contributed by atoms with Gasteiger partial charge in [0.15, 0.2) is 0 Å². The van der Waals surface area contributed by atoms with Gasteiger partial charge in [0.05, 0.1) is 17.8 Å². The first-order chi connectivity index (χ1) is 19.4. The lowest BCUT2D eigenvalue weighted by atomic mass is 9.99. The molecule has 1 N–H and O–H groups in total. The number of aromatic nitrogens is 1. The zero-order chi connectivity index (χ0) is 32.5. The number of carboxylic acid groups (broad SMARTS) is 1. The molecule has 0 amide bonds. The SMILES string of the molecule is C#C/C=C\C.C=CC(=C(C)C)c1cnc(C(CC(=O)O)=NC)c(C)c1.CC.CC.Cc1cc(Cl)ccc1OC(F)F. The van der Waals surface area contributed by atoms with Crippen LogP contribution in [0.25, 0.3) is 5.57 Å². The lowest BCUT2D eigenvalue weighted by Gasteiger charge is -2.10. The van der Waals surface area contributed by atoms with Crippen molar-refractivity contribution < 1.29 is 23.4 Å². The van der Waals surface area contributed by atoms with Gasteiger partial charge in [-0.05, 0) is 81.7 Å². The average Bonchev–Trinajstić information content (AvgIpc) is 2.92. The Balaban J connectivity index is -0.000000581. The Hall–Kier alpha value is -3.76. The second kappa shape index (κ2) is 25.2. The van der Waals surface area contributed by atoms with Crippen LogP contribution in [0.3, 0.4) is 0 Å². The first-order valence-electron chi connectivity index (χ1n) is 13.1. The van der Waals surface area contributed by atoms with Gasteiger partial charge in [-0.1, -0.05) is 69.5 Å². The fourth-order valence-corrected chi connectivity index (χ4v) is 3.21. The summed E-state index contributed by atoms with van der Waals surface area (Å²) in [4.78, 5) is 19.2. The van der Waals surface area contributed by atoms with Gasteiger partial charge in [0.2, 0.25) is 0 Å². The summed E-state index contributed by atoms with van der Waals surface area (Å²) in [6.45, 7) is 18.5. The van der Waals surface area contributed by atoms with Crippen molar-refractivity contribution >= 4 is 28.9 Å². The minimum atomic E-state index is -2.79. The maximum Gasteiger partial charge on any atom is 0.387 e. The van der Waals surface area contributed by atoms with Crippen molar-refractivity contribution in [3.05, 3.63) is 88.2 Å². The number of aryl methyl sites for hydroxylation is 2. The number of benzene rings is 1. The number of pyridine rings is 1. The van der Waals surface area contributed by atoms with Crippen LogP contribution in [-0.2, 0) is 4.79 Å². The van der Waals surface area contributed by atoms with Crippen LogP contribution < -0.4 is 4.74 Å². The molecule has 0 radical (unpaired) electrons. The zero-order valence-electron chi connectivity index (χ0n) is 26.0. The summed E-state index contributed by atoms with van der Waals surface area (Å²) in [5.41, 5.74) is 5.80. The lowest BCUT2D eigenvalue weighted by Crippen LogP contribution is -2.12. The highest BCUT2D eigenvalue weighted by atomic mass is 35.5. The third-order valence-corrected chi connectivity index (χ3v) is 4.85. The Bertz CT molecular complexity index is 1190. The molecule has 2 aromatic rings. The Morgan fingerprint density at radius 2 is 1.78 bits per heavy atom. The van der Waals surface area contributed by atoms with E-state index in [1.54, 1.807) is 38.4 Å². The van der Waals surface area contributed by atoms with Gasteiger partial charge in [-0.15, -0.1) is 6.42 Å². The van der Waals surface area contributed by atoms with Crippen LogP contribution in [0.2, 0.25) is 5.02 Å². The Labute approximate surface area is 250 Å². The van der Waals surface area contributed by atoms with Crippen molar-refractivity contribution in [3.63, 3.8) is 0 Å². The number of terminal acetylenes is 1. The van der Waals surface area contributed by atoms with E-state index in [9.17, 15) is 13.6 Å². The zero-order valence-corrected chi connectivity index (χ0v) is 26.7. The standard InChI is InChI=1S/C16H20N2O2.C8H7ClF2O.C5H6.2C2H6/c1-6-13(10(2)3)12-7-11(4)16(18-9-12)14(17-5)8-15(19)20;1-5-4-6(9)2-3-7(5)12-8(10)11;1-3-5-4-2;2*1-2/h6-7,9H,1,8H2,2-5H3,(H,19,20);2-4,8H,1H3;1,4-5H,2H3;2*1-2H3/b;;5-4-;;. The summed E-state index contributed by atoms with van der Waals surface area (Å²) in [7, 11) is 1.58. The molecule has 0 unspecified atom stereocenters. The van der Waals surface area contributed by atoms with Gasteiger partial charge >= 0.3 is 12.6 Å². The molecule has 0 saturated carbocycles. The molecule has 41 heavy (non-hydrogen) atoms. The number of alkyl halides is 2. The molecular formula is C33H45ClF2N2O3.